The number of nitriles is 1. The van der Waals surface area contributed by atoms with Crippen LogP contribution in [0, 0.1) is 11.3 Å². The summed E-state index contributed by atoms with van der Waals surface area (Å²) in [5.41, 5.74) is 19.4. The lowest BCUT2D eigenvalue weighted by atomic mass is 9.85. The second-order valence-electron chi connectivity index (χ2n) is 30.3. The highest BCUT2D eigenvalue weighted by molar-refractivity contribution is 6.22. The Morgan fingerprint density at radius 2 is 0.619 bits per heavy atom. The summed E-state index contributed by atoms with van der Waals surface area (Å²) in [6.07, 6.45) is 0. The van der Waals surface area contributed by atoms with Crippen molar-refractivity contribution in [3.63, 3.8) is 0 Å². The van der Waals surface area contributed by atoms with Crippen molar-refractivity contribution >= 4 is 87.4 Å². The van der Waals surface area contributed by atoms with Gasteiger partial charge in [0.05, 0.1) is 49.9 Å². The number of rotatable bonds is 4. The van der Waals surface area contributed by atoms with Crippen LogP contribution in [0.1, 0.15) is 164 Å². The average molecular weight is 1100 g/mol. The van der Waals surface area contributed by atoms with Crippen LogP contribution < -0.4 is 0 Å². The van der Waals surface area contributed by atoms with Gasteiger partial charge in [-0.15, -0.1) is 0 Å². The molecule has 0 aliphatic carbocycles. The topological polar surface area (TPSA) is 51.7 Å². The molecule has 0 unspecified atom stereocenters. The van der Waals surface area contributed by atoms with Gasteiger partial charge in [-0.25, -0.2) is 0 Å². The Morgan fingerprint density at radius 3 is 0.929 bits per heavy atom. The van der Waals surface area contributed by atoms with Crippen molar-refractivity contribution in [2.75, 3.05) is 0 Å². The number of hydrogen-bond donors (Lipinski definition) is 0. The van der Waals surface area contributed by atoms with E-state index in [1.807, 2.05) is 0 Å². The number of benzene rings is 9. The van der Waals surface area contributed by atoms with Crippen LogP contribution in [0.5, 0.6) is 0 Å². The van der Waals surface area contributed by atoms with E-state index in [-0.39, 0.29) is 32.5 Å². The zero-order valence-electron chi connectivity index (χ0n) is 52.7. The molecule has 5 nitrogen and oxygen atoms in total. The van der Waals surface area contributed by atoms with Gasteiger partial charge in [0.2, 0.25) is 0 Å². The van der Waals surface area contributed by atoms with Crippen molar-refractivity contribution in [1.29, 1.82) is 5.26 Å². The minimum absolute atomic E-state index is 0.114. The van der Waals surface area contributed by atoms with Crippen LogP contribution in [0.4, 0.5) is 0 Å². The third-order valence-corrected chi connectivity index (χ3v) is 18.2. The van der Waals surface area contributed by atoms with Crippen molar-refractivity contribution < 1.29 is 4.42 Å². The quantitative estimate of drug-likeness (QED) is 0.176. The average Bonchev–Trinajstić information content (AvgIpc) is 1.53. The number of aromatic nitrogens is 3. The molecule has 0 aliphatic heterocycles. The second-order valence-corrected chi connectivity index (χ2v) is 30.3. The van der Waals surface area contributed by atoms with E-state index in [1.54, 1.807) is 0 Å². The highest BCUT2D eigenvalue weighted by Gasteiger charge is 2.35. The first-order valence-corrected chi connectivity index (χ1v) is 30.2. The van der Waals surface area contributed by atoms with Gasteiger partial charge in [-0.3, -0.25) is 0 Å². The van der Waals surface area contributed by atoms with Crippen LogP contribution in [0.25, 0.3) is 116 Å². The highest BCUT2D eigenvalue weighted by atomic mass is 16.3. The molecule has 0 amide bonds. The van der Waals surface area contributed by atoms with Gasteiger partial charge in [0.15, 0.2) is 5.58 Å². The fraction of sp³-hybridized carbons (Fsp3) is 0.304. The molecule has 4 aromatic heterocycles. The predicted molar refractivity (Wildman–Crippen MR) is 359 cm³/mol. The Hall–Kier alpha value is -8.33. The monoisotopic (exact) mass is 1100 g/mol. The number of para-hydroxylation sites is 1. The van der Waals surface area contributed by atoms with Gasteiger partial charge < -0.3 is 18.1 Å². The number of hydrogen-bond acceptors (Lipinski definition) is 2. The van der Waals surface area contributed by atoms with Crippen LogP contribution in [-0.4, -0.2) is 13.7 Å². The summed E-state index contributed by atoms with van der Waals surface area (Å²) in [6, 6.07) is 62.5. The van der Waals surface area contributed by atoms with Crippen LogP contribution in [0.2, 0.25) is 0 Å². The van der Waals surface area contributed by atoms with Crippen molar-refractivity contribution in [2.45, 2.75) is 157 Å². The zero-order valence-corrected chi connectivity index (χ0v) is 52.7. The lowest BCUT2D eigenvalue weighted by Gasteiger charge is -2.24. The fourth-order valence-corrected chi connectivity index (χ4v) is 13.2. The van der Waals surface area contributed by atoms with Gasteiger partial charge in [0.25, 0.3) is 0 Å². The Labute approximate surface area is 496 Å². The van der Waals surface area contributed by atoms with Gasteiger partial charge in [0.1, 0.15) is 22.9 Å². The molecule has 0 bridgehead atoms. The summed E-state index contributed by atoms with van der Waals surface area (Å²) < 4.78 is 15.2. The number of nitrogens with zero attached hydrogens (tertiary/aromatic N) is 4. The maximum absolute atomic E-state index is 12.9. The largest absolute Gasteiger partial charge is 0.453 e. The summed E-state index contributed by atoms with van der Waals surface area (Å²) in [5, 5.41) is 21.7. The van der Waals surface area contributed by atoms with E-state index in [4.69, 9.17) is 4.42 Å². The molecular formula is C79H80N4O. The summed E-state index contributed by atoms with van der Waals surface area (Å²) >= 11 is 0. The Balaban J connectivity index is 1.35. The van der Waals surface area contributed by atoms with Crippen LogP contribution in [0.15, 0.2) is 162 Å². The van der Waals surface area contributed by atoms with Gasteiger partial charge >= 0.3 is 0 Å². The van der Waals surface area contributed by atoms with Crippen molar-refractivity contribution in [3.8, 4) is 34.3 Å². The molecule has 0 aliphatic rings. The van der Waals surface area contributed by atoms with E-state index < -0.39 is 0 Å². The smallest absolute Gasteiger partial charge is 0.163 e. The maximum Gasteiger partial charge on any atom is 0.163 e. The Kier molecular flexibility index (Phi) is 12.0. The normalized spacial score (nSPS) is 13.3. The third-order valence-electron chi connectivity index (χ3n) is 18.2. The molecule has 0 N–H and O–H groups in total. The Morgan fingerprint density at radius 1 is 0.310 bits per heavy atom. The minimum Gasteiger partial charge on any atom is -0.453 e. The lowest BCUT2D eigenvalue weighted by Crippen LogP contribution is -2.13. The highest BCUT2D eigenvalue weighted by Crippen LogP contribution is 2.52. The number of furan rings is 1. The molecular weight excluding hydrogens is 1020 g/mol. The van der Waals surface area contributed by atoms with Crippen molar-refractivity contribution in [3.05, 3.63) is 197 Å². The SMILES string of the molecule is CC(C)(C)c1ccc2c(c1)c1cc(C(C)(C)C)ccc1n2-c1c(C#N)c(-n2c3ccc(C(C)(C)C)cc3c3cc(C(C)(C)C)ccc32)c2oc3c(-c4ccccc4)cccc3c2c1-n1c2ccc(C(C)(C)C)cc2c2cc(C(C)(C)C)ccc21. The summed E-state index contributed by atoms with van der Waals surface area (Å²) in [6.45, 7) is 41.3. The molecule has 422 valence electrons. The van der Waals surface area contributed by atoms with E-state index in [0.717, 1.165) is 93.5 Å². The molecule has 4 heterocycles. The summed E-state index contributed by atoms with van der Waals surface area (Å²) in [5.74, 6) is 0. The second kappa shape index (κ2) is 18.3. The fourth-order valence-electron chi connectivity index (χ4n) is 13.2. The first kappa shape index (κ1) is 54.9. The third kappa shape index (κ3) is 8.52. The first-order chi connectivity index (χ1) is 39.4. The minimum atomic E-state index is -0.123. The molecule has 0 radical (unpaired) electrons. The van der Waals surface area contributed by atoms with E-state index in [1.165, 1.54) is 44.2 Å². The summed E-state index contributed by atoms with van der Waals surface area (Å²) in [7, 11) is 0. The molecule has 5 heteroatoms. The van der Waals surface area contributed by atoms with Crippen LogP contribution >= 0.6 is 0 Å². The molecule has 0 spiro atoms. The van der Waals surface area contributed by atoms with E-state index in [9.17, 15) is 5.26 Å². The maximum atomic E-state index is 12.9. The van der Waals surface area contributed by atoms with Gasteiger partial charge in [0, 0.05) is 43.3 Å². The molecule has 13 rings (SSSR count). The van der Waals surface area contributed by atoms with E-state index in [0.29, 0.717) is 16.8 Å². The van der Waals surface area contributed by atoms with Crippen molar-refractivity contribution in [2.24, 2.45) is 0 Å². The molecule has 0 saturated heterocycles. The van der Waals surface area contributed by atoms with Crippen LogP contribution in [-0.2, 0) is 32.5 Å². The molecule has 0 atom stereocenters. The molecule has 13 aromatic rings. The zero-order chi connectivity index (χ0) is 59.7. The van der Waals surface area contributed by atoms with Gasteiger partial charge in [-0.05, 0) is 144 Å². The van der Waals surface area contributed by atoms with Crippen molar-refractivity contribution in [1.82, 2.24) is 13.7 Å². The molecule has 9 aromatic carbocycles. The van der Waals surface area contributed by atoms with Gasteiger partial charge in [-0.1, -0.05) is 210 Å². The molecule has 84 heavy (non-hydrogen) atoms. The predicted octanol–water partition coefficient (Wildman–Crippen LogP) is 22.2. The van der Waals surface area contributed by atoms with E-state index >= 15 is 0 Å². The molecule has 0 saturated carbocycles. The van der Waals surface area contributed by atoms with E-state index in [2.05, 4.69) is 302 Å². The number of fused-ring (bicyclic) bond motifs is 12. The lowest BCUT2D eigenvalue weighted by molar-refractivity contribution is 0.590. The standard InChI is InChI=1S/C79H80N4O/c1-74(2,3)47-27-33-62-55(39-47)56-40-48(75(4,5)6)28-34-63(56)81(62)69-61(45-80)70(82-64-35-29-49(76(7,8)9)41-57(64)58-42-50(77(10,11)12)30-36-65(58)82)73-68(54-26-22-25-53(72(54)84-73)46-23-20-19-21-24-46)71(69)83-66-37-31-51(78(13,14)15)43-59(66)60-44-52(79(16,17)18)32-38-67(60)83/h19-44H,1-18H3. The van der Waals surface area contributed by atoms with Crippen LogP contribution in [0.3, 0.4) is 0 Å². The van der Waals surface area contributed by atoms with Gasteiger partial charge in [-0.2, -0.15) is 5.26 Å². The molecule has 0 fully saturated rings. The Bertz CT molecular complexity index is 4720. The first-order valence-electron chi connectivity index (χ1n) is 30.2. The summed E-state index contributed by atoms with van der Waals surface area (Å²) in [4.78, 5) is 0.